The summed E-state index contributed by atoms with van der Waals surface area (Å²) in [4.78, 5) is 18.8. The van der Waals surface area contributed by atoms with Crippen LogP contribution < -0.4 is 0 Å². The van der Waals surface area contributed by atoms with E-state index in [1.807, 2.05) is 30.3 Å². The molecule has 3 heterocycles. The molecular formula is C19H26N4O. The van der Waals surface area contributed by atoms with Gasteiger partial charge >= 0.3 is 0 Å². The fourth-order valence-corrected chi connectivity index (χ4v) is 3.52. The Hall–Kier alpha value is -2.17. The van der Waals surface area contributed by atoms with Gasteiger partial charge in [0.1, 0.15) is 0 Å². The summed E-state index contributed by atoms with van der Waals surface area (Å²) >= 11 is 0. The van der Waals surface area contributed by atoms with Gasteiger partial charge in [0.25, 0.3) is 0 Å². The zero-order valence-electron chi connectivity index (χ0n) is 14.6. The Labute approximate surface area is 143 Å². The predicted molar refractivity (Wildman–Crippen MR) is 93.6 cm³/mol. The minimum atomic E-state index is 0.287. The van der Waals surface area contributed by atoms with Crippen LogP contribution in [-0.4, -0.2) is 38.2 Å². The lowest BCUT2D eigenvalue weighted by atomic mass is 10.0. The van der Waals surface area contributed by atoms with Gasteiger partial charge in [-0.05, 0) is 62.3 Å². The zero-order chi connectivity index (χ0) is 16.9. The number of aromatic nitrogens is 3. The van der Waals surface area contributed by atoms with Gasteiger partial charge in [0, 0.05) is 44.1 Å². The monoisotopic (exact) mass is 326 g/mol. The van der Waals surface area contributed by atoms with Gasteiger partial charge in [0.05, 0.1) is 6.20 Å². The fraction of sp³-hybridized carbons (Fsp3) is 0.526. The van der Waals surface area contributed by atoms with Crippen molar-refractivity contribution in [3.63, 3.8) is 0 Å². The normalized spacial score (nSPS) is 17.4. The molecule has 0 aliphatic carbocycles. The minimum Gasteiger partial charge on any atom is -0.340 e. The second kappa shape index (κ2) is 7.60. The lowest BCUT2D eigenvalue weighted by molar-refractivity contribution is -0.132. The van der Waals surface area contributed by atoms with Crippen molar-refractivity contribution in [2.24, 2.45) is 7.05 Å². The first kappa shape index (κ1) is 16.7. The second-order valence-electron chi connectivity index (χ2n) is 6.66. The first-order chi connectivity index (χ1) is 11.6. The van der Waals surface area contributed by atoms with E-state index < -0.39 is 0 Å². The van der Waals surface area contributed by atoms with Crippen LogP contribution in [0.25, 0.3) is 0 Å². The lowest BCUT2D eigenvalue weighted by Crippen LogP contribution is -2.36. The van der Waals surface area contributed by atoms with Crippen LogP contribution in [0, 0.1) is 6.92 Å². The Bertz CT molecular complexity index is 680. The van der Waals surface area contributed by atoms with Crippen molar-refractivity contribution in [2.45, 2.75) is 51.5 Å². The Balaban J connectivity index is 1.52. The molecule has 128 valence electrons. The molecule has 0 radical (unpaired) electrons. The molecule has 0 bridgehead atoms. The van der Waals surface area contributed by atoms with Gasteiger partial charge in [-0.15, -0.1) is 0 Å². The van der Waals surface area contributed by atoms with E-state index in [1.165, 1.54) is 11.1 Å². The number of hydrogen-bond donors (Lipinski definition) is 0. The molecular weight excluding hydrogens is 300 g/mol. The number of carbonyl (C=O) groups excluding carboxylic acids is 1. The zero-order valence-corrected chi connectivity index (χ0v) is 14.6. The molecule has 1 aliphatic heterocycles. The Morgan fingerprint density at radius 2 is 2.08 bits per heavy atom. The molecule has 2 aromatic rings. The highest BCUT2D eigenvalue weighted by Gasteiger charge is 2.28. The number of rotatable bonds is 6. The number of amides is 1. The smallest absolute Gasteiger partial charge is 0.223 e. The Morgan fingerprint density at radius 3 is 2.79 bits per heavy atom. The van der Waals surface area contributed by atoms with Crippen LogP contribution in [0.2, 0.25) is 0 Å². The molecule has 0 spiro atoms. The molecule has 1 atom stereocenters. The van der Waals surface area contributed by atoms with E-state index in [2.05, 4.69) is 34.0 Å². The van der Waals surface area contributed by atoms with Crippen molar-refractivity contribution in [1.29, 1.82) is 0 Å². The summed E-state index contributed by atoms with van der Waals surface area (Å²) < 4.78 is 1.87. The highest BCUT2D eigenvalue weighted by Crippen LogP contribution is 2.23. The summed E-state index contributed by atoms with van der Waals surface area (Å²) in [5.41, 5.74) is 3.63. The molecule has 1 aliphatic rings. The lowest BCUT2D eigenvalue weighted by Gasteiger charge is -2.25. The van der Waals surface area contributed by atoms with Gasteiger partial charge in [-0.25, -0.2) is 0 Å². The summed E-state index contributed by atoms with van der Waals surface area (Å²) in [6.07, 6.45) is 11.2. The summed E-state index contributed by atoms with van der Waals surface area (Å²) in [5, 5.41) is 4.26. The molecule has 2 aromatic heterocycles. The number of likely N-dealkylation sites (tertiary alicyclic amines) is 1. The summed E-state index contributed by atoms with van der Waals surface area (Å²) in [5.74, 6) is 0.287. The summed E-state index contributed by atoms with van der Waals surface area (Å²) in [6, 6.07) is 4.51. The number of carbonyl (C=O) groups is 1. The van der Waals surface area contributed by atoms with Crippen LogP contribution in [0.4, 0.5) is 0 Å². The summed E-state index contributed by atoms with van der Waals surface area (Å²) in [6.45, 7) is 2.96. The first-order valence-corrected chi connectivity index (χ1v) is 8.81. The van der Waals surface area contributed by atoms with Gasteiger partial charge in [0.2, 0.25) is 5.91 Å². The SMILES string of the molecule is Cc1c(CCC(=O)N2CCC[C@@H]2CCc2ccncc2)cnn1C. The minimum absolute atomic E-state index is 0.287. The van der Waals surface area contributed by atoms with Crippen LogP contribution in [-0.2, 0) is 24.7 Å². The van der Waals surface area contributed by atoms with Gasteiger partial charge in [0.15, 0.2) is 0 Å². The molecule has 1 fully saturated rings. The highest BCUT2D eigenvalue weighted by atomic mass is 16.2. The quantitative estimate of drug-likeness (QED) is 0.820. The van der Waals surface area contributed by atoms with Crippen LogP contribution >= 0.6 is 0 Å². The average Bonchev–Trinajstić information content (AvgIpc) is 3.20. The third-order valence-corrected chi connectivity index (χ3v) is 5.16. The van der Waals surface area contributed by atoms with E-state index in [0.29, 0.717) is 12.5 Å². The molecule has 3 rings (SSSR count). The number of pyridine rings is 1. The van der Waals surface area contributed by atoms with Gasteiger partial charge in [-0.2, -0.15) is 5.10 Å². The summed E-state index contributed by atoms with van der Waals surface area (Å²) in [7, 11) is 1.94. The maximum atomic E-state index is 12.6. The maximum absolute atomic E-state index is 12.6. The average molecular weight is 326 g/mol. The molecule has 0 aromatic carbocycles. The second-order valence-corrected chi connectivity index (χ2v) is 6.66. The predicted octanol–water partition coefficient (Wildman–Crippen LogP) is 2.68. The fourth-order valence-electron chi connectivity index (χ4n) is 3.52. The molecule has 5 nitrogen and oxygen atoms in total. The van der Waals surface area contributed by atoms with Crippen molar-refractivity contribution >= 4 is 5.91 Å². The standard InChI is InChI=1S/C19H26N4O/c1-15-17(14-21-22(15)2)6-8-19(24)23-13-3-4-18(23)7-5-16-9-11-20-12-10-16/h9-12,14,18H,3-8,13H2,1-2H3/t18-/m1/s1. The van der Waals surface area contributed by atoms with Crippen molar-refractivity contribution in [1.82, 2.24) is 19.7 Å². The van der Waals surface area contributed by atoms with E-state index in [0.717, 1.165) is 44.3 Å². The van der Waals surface area contributed by atoms with Crippen molar-refractivity contribution in [3.05, 3.63) is 47.5 Å². The van der Waals surface area contributed by atoms with Gasteiger partial charge in [-0.1, -0.05) is 0 Å². The van der Waals surface area contributed by atoms with E-state index >= 15 is 0 Å². The number of aryl methyl sites for hydroxylation is 3. The third kappa shape index (κ3) is 3.83. The van der Waals surface area contributed by atoms with Crippen LogP contribution in [0.15, 0.2) is 30.7 Å². The molecule has 5 heteroatoms. The van der Waals surface area contributed by atoms with E-state index in [-0.39, 0.29) is 5.91 Å². The Kier molecular flexibility index (Phi) is 5.28. The number of nitrogens with zero attached hydrogens (tertiary/aromatic N) is 4. The van der Waals surface area contributed by atoms with E-state index in [1.54, 1.807) is 0 Å². The molecule has 0 unspecified atom stereocenters. The van der Waals surface area contributed by atoms with Crippen LogP contribution in [0.1, 0.15) is 42.5 Å². The third-order valence-electron chi connectivity index (χ3n) is 5.16. The molecule has 24 heavy (non-hydrogen) atoms. The topological polar surface area (TPSA) is 51.0 Å². The largest absolute Gasteiger partial charge is 0.340 e. The van der Waals surface area contributed by atoms with E-state index in [9.17, 15) is 4.79 Å². The number of hydrogen-bond acceptors (Lipinski definition) is 3. The van der Waals surface area contributed by atoms with Crippen LogP contribution in [0.3, 0.4) is 0 Å². The van der Waals surface area contributed by atoms with Crippen molar-refractivity contribution in [2.75, 3.05) is 6.54 Å². The maximum Gasteiger partial charge on any atom is 0.223 e. The molecule has 0 N–H and O–H groups in total. The first-order valence-electron chi connectivity index (χ1n) is 8.81. The Morgan fingerprint density at radius 1 is 1.29 bits per heavy atom. The van der Waals surface area contributed by atoms with Crippen molar-refractivity contribution in [3.8, 4) is 0 Å². The molecule has 1 saturated heterocycles. The van der Waals surface area contributed by atoms with Crippen LogP contribution in [0.5, 0.6) is 0 Å². The highest BCUT2D eigenvalue weighted by molar-refractivity contribution is 5.77. The molecule has 1 amide bonds. The van der Waals surface area contributed by atoms with Gasteiger partial charge in [-0.3, -0.25) is 14.5 Å². The van der Waals surface area contributed by atoms with E-state index in [4.69, 9.17) is 0 Å². The van der Waals surface area contributed by atoms with Gasteiger partial charge < -0.3 is 4.90 Å². The molecule has 0 saturated carbocycles. The van der Waals surface area contributed by atoms with Crippen molar-refractivity contribution < 1.29 is 4.79 Å².